The Morgan fingerprint density at radius 3 is 1.56 bits per heavy atom. The number of aromatic nitrogens is 3. The fourth-order valence-corrected chi connectivity index (χ4v) is 8.83. The first-order valence-corrected chi connectivity index (χ1v) is 18.3. The number of hydrogen-bond acceptors (Lipinski definition) is 1. The Labute approximate surface area is 316 Å². The van der Waals surface area contributed by atoms with Crippen LogP contribution < -0.4 is 0 Å². The van der Waals surface area contributed by atoms with E-state index < -0.39 is 0 Å². The van der Waals surface area contributed by atoms with Crippen molar-refractivity contribution in [3.05, 3.63) is 193 Å². The van der Waals surface area contributed by atoms with E-state index in [0.29, 0.717) is 11.3 Å². The topological polar surface area (TPSA) is 42.9 Å². The van der Waals surface area contributed by atoms with E-state index >= 15 is 0 Å². The van der Waals surface area contributed by atoms with Gasteiger partial charge in [-0.25, -0.2) is 4.85 Å². The van der Waals surface area contributed by atoms with Crippen molar-refractivity contribution in [3.63, 3.8) is 0 Å². The maximum absolute atomic E-state index is 10.7. The Kier molecular flexibility index (Phi) is 6.61. The van der Waals surface area contributed by atoms with Crippen LogP contribution in [0.25, 0.3) is 98.5 Å². The van der Waals surface area contributed by atoms with Gasteiger partial charge in [-0.05, 0) is 66.7 Å². The molecule has 3 aromatic heterocycles. The minimum Gasteiger partial charge on any atom is -0.310 e. The molecule has 0 amide bonds. The van der Waals surface area contributed by atoms with Crippen molar-refractivity contribution in [2.24, 2.45) is 0 Å². The summed E-state index contributed by atoms with van der Waals surface area (Å²) in [6.45, 7) is 7.80. The molecule has 0 saturated carbocycles. The molecule has 0 aliphatic carbocycles. The predicted molar refractivity (Wildman–Crippen MR) is 226 cm³/mol. The van der Waals surface area contributed by atoms with Crippen molar-refractivity contribution >= 4 is 71.1 Å². The van der Waals surface area contributed by atoms with Crippen molar-refractivity contribution in [1.82, 2.24) is 13.7 Å². The normalized spacial score (nSPS) is 11.6. The number of nitrogens with zero attached hydrogens (tertiary/aromatic N) is 5. The van der Waals surface area contributed by atoms with Crippen LogP contribution in [0.2, 0.25) is 0 Å². The van der Waals surface area contributed by atoms with E-state index in [1.54, 1.807) is 0 Å². The molecule has 11 aromatic rings. The summed E-state index contributed by atoms with van der Waals surface area (Å²) in [6, 6.07) is 63.7. The monoisotopic (exact) mass is 699 g/mol. The first-order valence-electron chi connectivity index (χ1n) is 18.3. The van der Waals surface area contributed by atoms with Crippen LogP contribution in [0.4, 0.5) is 5.69 Å². The zero-order valence-corrected chi connectivity index (χ0v) is 29.5. The van der Waals surface area contributed by atoms with E-state index in [0.717, 1.165) is 71.8 Å². The minimum atomic E-state index is 0.570. The molecule has 0 fully saturated rings. The molecule has 0 aliphatic rings. The molecule has 254 valence electrons. The average Bonchev–Trinajstić information content (AvgIpc) is 3.88. The lowest BCUT2D eigenvalue weighted by Gasteiger charge is -2.19. The summed E-state index contributed by atoms with van der Waals surface area (Å²) in [5, 5.41) is 17.7. The van der Waals surface area contributed by atoms with E-state index in [1.165, 1.54) is 21.8 Å². The number of benzene rings is 8. The standard InChI is InChI=1S/C50H29N5/c1-52-33-25-27-39-37-16-4-9-21-44(37)55(49(39)29-33)48-24-12-13-32(31-51)50(48)40-18-6-11-23-46(40)54-45-22-10-5-17-38(45)41-30-34(26-28-47(41)54)53-42-19-7-2-14-35(42)36-15-3-8-20-43(36)53/h2-30H. The summed E-state index contributed by atoms with van der Waals surface area (Å²) in [5.41, 5.74) is 12.3. The quantitative estimate of drug-likeness (QED) is 0.169. The summed E-state index contributed by atoms with van der Waals surface area (Å²) in [4.78, 5) is 3.78. The molecule has 0 aliphatic heterocycles. The second kappa shape index (κ2) is 11.8. The molecule has 11 rings (SSSR count). The van der Waals surface area contributed by atoms with Gasteiger partial charge in [0, 0.05) is 54.6 Å². The fraction of sp³-hybridized carbons (Fsp3) is 0. The van der Waals surface area contributed by atoms with E-state index in [4.69, 9.17) is 6.57 Å². The van der Waals surface area contributed by atoms with Crippen LogP contribution in [0.15, 0.2) is 176 Å². The van der Waals surface area contributed by atoms with Gasteiger partial charge in [0.15, 0.2) is 5.69 Å². The second-order valence-corrected chi connectivity index (χ2v) is 13.9. The van der Waals surface area contributed by atoms with Crippen molar-refractivity contribution in [2.45, 2.75) is 0 Å². The van der Waals surface area contributed by atoms with Gasteiger partial charge in [-0.1, -0.05) is 109 Å². The lowest BCUT2D eigenvalue weighted by atomic mass is 9.96. The molecule has 55 heavy (non-hydrogen) atoms. The highest BCUT2D eigenvalue weighted by Gasteiger charge is 2.23. The summed E-state index contributed by atoms with van der Waals surface area (Å²) in [7, 11) is 0. The van der Waals surface area contributed by atoms with Crippen LogP contribution in [0.1, 0.15) is 5.56 Å². The van der Waals surface area contributed by atoms with Gasteiger partial charge in [-0.3, -0.25) is 0 Å². The fourth-order valence-electron chi connectivity index (χ4n) is 8.83. The third-order valence-electron chi connectivity index (χ3n) is 11.1. The highest BCUT2D eigenvalue weighted by molar-refractivity contribution is 6.13. The molecule has 0 radical (unpaired) electrons. The van der Waals surface area contributed by atoms with Crippen LogP contribution in [0.5, 0.6) is 0 Å². The number of fused-ring (bicyclic) bond motifs is 9. The van der Waals surface area contributed by atoms with Crippen LogP contribution in [-0.2, 0) is 0 Å². The summed E-state index contributed by atoms with van der Waals surface area (Å²) in [5.74, 6) is 0. The molecule has 0 atom stereocenters. The molecular weight excluding hydrogens is 671 g/mol. The molecule has 3 heterocycles. The maximum Gasteiger partial charge on any atom is 0.189 e. The Hall–Kier alpha value is -7.86. The molecule has 5 nitrogen and oxygen atoms in total. The van der Waals surface area contributed by atoms with Gasteiger partial charge in [0.1, 0.15) is 0 Å². The third kappa shape index (κ3) is 4.39. The molecule has 8 aromatic carbocycles. The van der Waals surface area contributed by atoms with Crippen LogP contribution in [0, 0.1) is 17.9 Å². The van der Waals surface area contributed by atoms with E-state index in [9.17, 15) is 5.26 Å². The number of rotatable bonds is 4. The SMILES string of the molecule is [C-]#[N+]c1ccc2c3ccccc3n(-c3cccc(C#N)c3-c3ccccc3-n3c4ccccc4c4cc(-n5c6ccccc6c6ccccc65)ccc43)c2c1. The lowest BCUT2D eigenvalue weighted by Crippen LogP contribution is -2.03. The number of hydrogen-bond donors (Lipinski definition) is 0. The molecular formula is C50H29N5. The molecule has 0 saturated heterocycles. The zero-order chi connectivity index (χ0) is 36.6. The number of para-hydroxylation sites is 5. The van der Waals surface area contributed by atoms with Crippen LogP contribution in [-0.4, -0.2) is 13.7 Å². The van der Waals surface area contributed by atoms with Gasteiger partial charge in [0.2, 0.25) is 0 Å². The average molecular weight is 700 g/mol. The van der Waals surface area contributed by atoms with Gasteiger partial charge in [0.25, 0.3) is 0 Å². The van der Waals surface area contributed by atoms with Gasteiger partial charge < -0.3 is 13.7 Å². The lowest BCUT2D eigenvalue weighted by molar-refractivity contribution is 1.15. The van der Waals surface area contributed by atoms with Gasteiger partial charge in [0.05, 0.1) is 57.2 Å². The van der Waals surface area contributed by atoms with Crippen molar-refractivity contribution in [3.8, 4) is 34.3 Å². The highest BCUT2D eigenvalue weighted by atomic mass is 15.0. The van der Waals surface area contributed by atoms with E-state index in [1.807, 2.05) is 48.5 Å². The van der Waals surface area contributed by atoms with Crippen LogP contribution in [0.3, 0.4) is 0 Å². The summed E-state index contributed by atoms with van der Waals surface area (Å²) >= 11 is 0. The number of nitriles is 1. The first-order chi connectivity index (χ1) is 27.2. The van der Waals surface area contributed by atoms with Gasteiger partial charge in [-0.15, -0.1) is 0 Å². The van der Waals surface area contributed by atoms with Gasteiger partial charge in [-0.2, -0.15) is 5.26 Å². The molecule has 0 spiro atoms. The molecule has 0 bridgehead atoms. The summed E-state index contributed by atoms with van der Waals surface area (Å²) in [6.07, 6.45) is 0. The first kappa shape index (κ1) is 30.7. The van der Waals surface area contributed by atoms with Gasteiger partial charge >= 0.3 is 0 Å². The Morgan fingerprint density at radius 2 is 0.927 bits per heavy atom. The van der Waals surface area contributed by atoms with E-state index in [-0.39, 0.29) is 0 Å². The van der Waals surface area contributed by atoms with Crippen molar-refractivity contribution in [1.29, 1.82) is 5.26 Å². The Morgan fingerprint density at radius 1 is 0.418 bits per heavy atom. The highest BCUT2D eigenvalue weighted by Crippen LogP contribution is 2.43. The van der Waals surface area contributed by atoms with Crippen molar-refractivity contribution in [2.75, 3.05) is 0 Å². The smallest absolute Gasteiger partial charge is 0.189 e. The maximum atomic E-state index is 10.7. The second-order valence-electron chi connectivity index (χ2n) is 13.9. The van der Waals surface area contributed by atoms with Crippen molar-refractivity contribution < 1.29 is 0 Å². The van der Waals surface area contributed by atoms with E-state index in [2.05, 4.69) is 152 Å². The predicted octanol–water partition coefficient (Wildman–Crippen LogP) is 13.1. The Bertz CT molecular complexity index is 3420. The zero-order valence-electron chi connectivity index (χ0n) is 29.5. The molecule has 0 N–H and O–H groups in total. The molecule has 5 heteroatoms. The largest absolute Gasteiger partial charge is 0.310 e. The molecule has 0 unspecified atom stereocenters. The summed E-state index contributed by atoms with van der Waals surface area (Å²) < 4.78 is 6.93. The Balaban J connectivity index is 1.20. The van der Waals surface area contributed by atoms with Crippen LogP contribution >= 0.6 is 0 Å². The minimum absolute atomic E-state index is 0.570. The third-order valence-corrected chi connectivity index (χ3v) is 11.1.